The van der Waals surface area contributed by atoms with E-state index in [0.29, 0.717) is 18.3 Å². The van der Waals surface area contributed by atoms with Gasteiger partial charge in [-0.15, -0.1) is 12.4 Å². The quantitative estimate of drug-likeness (QED) is 0.792. The van der Waals surface area contributed by atoms with Crippen molar-refractivity contribution in [2.75, 3.05) is 19.7 Å². The normalized spacial score (nSPS) is 15.7. The van der Waals surface area contributed by atoms with Gasteiger partial charge in [0.2, 0.25) is 0 Å². The van der Waals surface area contributed by atoms with Crippen LogP contribution >= 0.6 is 12.4 Å². The van der Waals surface area contributed by atoms with Crippen LogP contribution in [0.15, 0.2) is 18.2 Å². The van der Waals surface area contributed by atoms with Gasteiger partial charge in [0.1, 0.15) is 11.6 Å². The highest BCUT2D eigenvalue weighted by molar-refractivity contribution is 5.85. The van der Waals surface area contributed by atoms with Crippen molar-refractivity contribution in [3.05, 3.63) is 29.6 Å². The highest BCUT2D eigenvalue weighted by Crippen LogP contribution is 2.29. The van der Waals surface area contributed by atoms with Gasteiger partial charge in [0, 0.05) is 6.07 Å². The van der Waals surface area contributed by atoms with Crippen LogP contribution in [-0.4, -0.2) is 19.7 Å². The van der Waals surface area contributed by atoms with E-state index < -0.39 is 0 Å². The summed E-state index contributed by atoms with van der Waals surface area (Å²) in [6.45, 7) is 4.89. The van der Waals surface area contributed by atoms with Gasteiger partial charge in [-0.2, -0.15) is 0 Å². The monoisotopic (exact) mass is 301 g/mol. The molecule has 0 amide bonds. The van der Waals surface area contributed by atoms with Gasteiger partial charge in [0.25, 0.3) is 0 Å². The van der Waals surface area contributed by atoms with Gasteiger partial charge in [0.15, 0.2) is 0 Å². The molecule has 0 saturated carbocycles. The molecule has 1 N–H and O–H groups in total. The molecule has 0 atom stereocenters. The van der Waals surface area contributed by atoms with Crippen LogP contribution in [-0.2, 0) is 0 Å². The molecule has 2 nitrogen and oxygen atoms in total. The van der Waals surface area contributed by atoms with Crippen LogP contribution in [0.4, 0.5) is 4.39 Å². The van der Waals surface area contributed by atoms with E-state index >= 15 is 0 Å². The van der Waals surface area contributed by atoms with Crippen LogP contribution in [0.5, 0.6) is 5.75 Å². The van der Waals surface area contributed by atoms with E-state index in [9.17, 15) is 4.39 Å². The Bertz CT molecular complexity index is 394. The SMILES string of the molecule is CCCCCOc1cc(F)cc(C2CCNCC2)c1.Cl. The van der Waals surface area contributed by atoms with E-state index in [2.05, 4.69) is 12.2 Å². The van der Waals surface area contributed by atoms with E-state index in [1.54, 1.807) is 6.07 Å². The summed E-state index contributed by atoms with van der Waals surface area (Å²) in [6.07, 6.45) is 5.54. The number of nitrogens with one attached hydrogen (secondary N) is 1. The second-order valence-corrected chi connectivity index (χ2v) is 5.30. The molecule has 0 bridgehead atoms. The Morgan fingerprint density at radius 1 is 1.20 bits per heavy atom. The van der Waals surface area contributed by atoms with E-state index in [1.807, 2.05) is 6.07 Å². The minimum absolute atomic E-state index is 0. The maximum Gasteiger partial charge on any atom is 0.127 e. The molecule has 0 radical (unpaired) electrons. The minimum Gasteiger partial charge on any atom is -0.493 e. The summed E-state index contributed by atoms with van der Waals surface area (Å²) < 4.78 is 19.3. The number of halogens is 2. The largest absolute Gasteiger partial charge is 0.493 e. The fraction of sp³-hybridized carbons (Fsp3) is 0.625. The van der Waals surface area contributed by atoms with Gasteiger partial charge in [-0.25, -0.2) is 4.39 Å². The maximum atomic E-state index is 13.7. The van der Waals surface area contributed by atoms with Crippen molar-refractivity contribution in [1.29, 1.82) is 0 Å². The van der Waals surface area contributed by atoms with Crippen LogP contribution < -0.4 is 10.1 Å². The Hall–Kier alpha value is -0.800. The number of hydrogen-bond acceptors (Lipinski definition) is 2. The summed E-state index contributed by atoms with van der Waals surface area (Å²) in [5.74, 6) is 0.973. The van der Waals surface area contributed by atoms with Gasteiger partial charge in [-0.3, -0.25) is 0 Å². The summed E-state index contributed by atoms with van der Waals surface area (Å²) in [4.78, 5) is 0. The van der Waals surface area contributed by atoms with E-state index in [0.717, 1.165) is 44.3 Å². The first-order valence-electron chi connectivity index (χ1n) is 7.43. The van der Waals surface area contributed by atoms with Crippen molar-refractivity contribution in [1.82, 2.24) is 5.32 Å². The maximum absolute atomic E-state index is 13.7. The van der Waals surface area contributed by atoms with E-state index in [4.69, 9.17) is 4.74 Å². The van der Waals surface area contributed by atoms with Crippen molar-refractivity contribution >= 4 is 12.4 Å². The lowest BCUT2D eigenvalue weighted by atomic mass is 9.90. The van der Waals surface area contributed by atoms with Crippen LogP contribution in [0.1, 0.15) is 50.5 Å². The van der Waals surface area contributed by atoms with Crippen molar-refractivity contribution in [3.8, 4) is 5.75 Å². The number of ether oxygens (including phenoxy) is 1. The molecule has 1 saturated heterocycles. The summed E-state index contributed by atoms with van der Waals surface area (Å²) in [5, 5.41) is 3.34. The molecule has 1 aromatic rings. The first-order valence-corrected chi connectivity index (χ1v) is 7.43. The van der Waals surface area contributed by atoms with Crippen molar-refractivity contribution in [3.63, 3.8) is 0 Å². The molecule has 1 heterocycles. The molecular weight excluding hydrogens is 277 g/mol. The summed E-state index contributed by atoms with van der Waals surface area (Å²) in [7, 11) is 0. The predicted molar refractivity (Wildman–Crippen MR) is 83.5 cm³/mol. The Labute approximate surface area is 127 Å². The van der Waals surface area contributed by atoms with E-state index in [-0.39, 0.29) is 18.2 Å². The second-order valence-electron chi connectivity index (χ2n) is 5.30. The highest BCUT2D eigenvalue weighted by atomic mass is 35.5. The van der Waals surface area contributed by atoms with Gasteiger partial charge >= 0.3 is 0 Å². The van der Waals surface area contributed by atoms with Crippen LogP contribution in [0.2, 0.25) is 0 Å². The van der Waals surface area contributed by atoms with E-state index in [1.165, 1.54) is 12.5 Å². The standard InChI is InChI=1S/C16H24FNO.ClH/c1-2-3-4-9-19-16-11-14(10-15(17)12-16)13-5-7-18-8-6-13;/h10-13,18H,2-9H2,1H3;1H. The topological polar surface area (TPSA) is 21.3 Å². The second kappa shape index (κ2) is 9.19. The summed E-state index contributed by atoms with van der Waals surface area (Å²) >= 11 is 0. The third kappa shape index (κ3) is 5.29. The Morgan fingerprint density at radius 3 is 2.65 bits per heavy atom. The zero-order valence-electron chi connectivity index (χ0n) is 12.2. The lowest BCUT2D eigenvalue weighted by Gasteiger charge is -2.23. The lowest BCUT2D eigenvalue weighted by molar-refractivity contribution is 0.304. The Morgan fingerprint density at radius 2 is 1.95 bits per heavy atom. The molecule has 2 rings (SSSR count). The lowest BCUT2D eigenvalue weighted by Crippen LogP contribution is -2.26. The molecule has 1 aromatic carbocycles. The number of benzene rings is 1. The molecular formula is C16H25ClFNO. The highest BCUT2D eigenvalue weighted by Gasteiger charge is 2.16. The van der Waals surface area contributed by atoms with Gasteiger partial charge < -0.3 is 10.1 Å². The third-order valence-electron chi connectivity index (χ3n) is 3.72. The van der Waals surface area contributed by atoms with Gasteiger partial charge in [-0.1, -0.05) is 19.8 Å². The average Bonchev–Trinajstić information content (AvgIpc) is 2.44. The first-order chi connectivity index (χ1) is 9.29. The van der Waals surface area contributed by atoms with Crippen molar-refractivity contribution in [2.45, 2.75) is 44.9 Å². The Balaban J connectivity index is 0.00000200. The third-order valence-corrected chi connectivity index (χ3v) is 3.72. The van der Waals surface area contributed by atoms with Crippen LogP contribution in [0.25, 0.3) is 0 Å². The smallest absolute Gasteiger partial charge is 0.127 e. The number of rotatable bonds is 6. The van der Waals surface area contributed by atoms with Crippen LogP contribution in [0.3, 0.4) is 0 Å². The molecule has 0 spiro atoms. The van der Waals surface area contributed by atoms with Crippen molar-refractivity contribution < 1.29 is 9.13 Å². The molecule has 0 aliphatic carbocycles. The number of unbranched alkanes of at least 4 members (excludes halogenated alkanes) is 2. The molecule has 0 unspecified atom stereocenters. The minimum atomic E-state index is -0.179. The fourth-order valence-electron chi connectivity index (χ4n) is 2.60. The van der Waals surface area contributed by atoms with Gasteiger partial charge in [-0.05, 0) is 56.0 Å². The molecule has 1 aliphatic rings. The predicted octanol–water partition coefficient (Wildman–Crippen LogP) is 4.28. The zero-order chi connectivity index (χ0) is 13.5. The first kappa shape index (κ1) is 17.3. The fourth-order valence-corrected chi connectivity index (χ4v) is 2.60. The number of hydrogen-bond donors (Lipinski definition) is 1. The molecule has 114 valence electrons. The molecule has 0 aromatic heterocycles. The molecule has 20 heavy (non-hydrogen) atoms. The molecule has 1 fully saturated rings. The van der Waals surface area contributed by atoms with Crippen molar-refractivity contribution in [2.24, 2.45) is 0 Å². The molecule has 1 aliphatic heterocycles. The summed E-state index contributed by atoms with van der Waals surface area (Å²) in [6, 6.07) is 5.18. The number of piperidine rings is 1. The van der Waals surface area contributed by atoms with Gasteiger partial charge in [0.05, 0.1) is 6.61 Å². The van der Waals surface area contributed by atoms with Crippen LogP contribution in [0, 0.1) is 5.82 Å². The average molecular weight is 302 g/mol. The zero-order valence-corrected chi connectivity index (χ0v) is 13.0. The summed E-state index contributed by atoms with van der Waals surface area (Å²) in [5.41, 5.74) is 1.09. The molecule has 4 heteroatoms. The Kier molecular flexibility index (Phi) is 7.93.